The van der Waals surface area contributed by atoms with E-state index in [1.165, 1.54) is 12.5 Å². The van der Waals surface area contributed by atoms with Gasteiger partial charge >= 0.3 is 13.7 Å². The molecule has 0 radical (unpaired) electrons. The Labute approximate surface area is 56.7 Å². The summed E-state index contributed by atoms with van der Waals surface area (Å²) in [5.74, 6) is 0. The van der Waals surface area contributed by atoms with Crippen LogP contribution in [0.3, 0.4) is 0 Å². The van der Waals surface area contributed by atoms with Crippen molar-refractivity contribution in [3.05, 3.63) is 12.5 Å². The normalized spacial score (nSPS) is 11.4. The molecular weight excluding hydrogens is 157 g/mol. The third-order valence-corrected chi connectivity index (χ3v) is 1.07. The van der Waals surface area contributed by atoms with Crippen molar-refractivity contribution >= 4 is 7.67 Å². The minimum Gasteiger partial charge on any atom is -0.417 e. The van der Waals surface area contributed by atoms with Crippen molar-refractivity contribution in [1.29, 1.82) is 0 Å². The fourth-order valence-electron chi connectivity index (χ4n) is 0.377. The van der Waals surface area contributed by atoms with Gasteiger partial charge in [0.2, 0.25) is 0 Å². The van der Waals surface area contributed by atoms with Gasteiger partial charge in [0.15, 0.2) is 0 Å². The van der Waals surface area contributed by atoms with Crippen molar-refractivity contribution in [3.63, 3.8) is 0 Å². The molecule has 1 heterocycles. The van der Waals surface area contributed by atoms with E-state index >= 15 is 0 Å². The summed E-state index contributed by atoms with van der Waals surface area (Å²) in [6.07, 6.45) is 2.39. The average molecular weight is 163 g/mol. The van der Waals surface area contributed by atoms with Crippen LogP contribution in [0.25, 0.3) is 0 Å². The molecular formula is C3H6N3O3P. The van der Waals surface area contributed by atoms with Gasteiger partial charge in [0.1, 0.15) is 6.26 Å². The van der Waals surface area contributed by atoms with Gasteiger partial charge in [-0.05, 0) is 0 Å². The number of hydrogen-bond acceptors (Lipinski definition) is 4. The van der Waals surface area contributed by atoms with Crippen molar-refractivity contribution < 1.29 is 13.5 Å². The Balaban J connectivity index is 2.66. The maximum absolute atomic E-state index is 10.5. The van der Waals surface area contributed by atoms with Gasteiger partial charge in [0, 0.05) is 0 Å². The minimum absolute atomic E-state index is 0.187. The zero-order valence-corrected chi connectivity index (χ0v) is 5.82. The maximum atomic E-state index is 10.5. The lowest BCUT2D eigenvalue weighted by Crippen LogP contribution is -2.10. The van der Waals surface area contributed by atoms with E-state index in [2.05, 4.69) is 13.9 Å². The molecule has 0 saturated carbocycles. The Morgan fingerprint density at radius 1 is 1.70 bits per heavy atom. The third kappa shape index (κ3) is 2.18. The van der Waals surface area contributed by atoms with Gasteiger partial charge in [-0.2, -0.15) is 4.98 Å². The molecule has 0 unspecified atom stereocenters. The summed E-state index contributed by atoms with van der Waals surface area (Å²) in [7, 11) is -3.51. The molecule has 0 fully saturated rings. The summed E-state index contributed by atoms with van der Waals surface area (Å²) in [4.78, 5) is 3.48. The van der Waals surface area contributed by atoms with Crippen LogP contribution in [0.2, 0.25) is 0 Å². The molecule has 0 bridgehead atoms. The smallest absolute Gasteiger partial charge is 0.400 e. The van der Waals surface area contributed by atoms with Crippen LogP contribution in [0.4, 0.5) is 0 Å². The number of nitrogens with zero attached hydrogens (tertiary/aromatic N) is 1. The molecule has 0 atom stereocenters. The molecule has 1 rings (SSSR count). The Bertz CT molecular complexity index is 240. The zero-order valence-electron chi connectivity index (χ0n) is 4.93. The van der Waals surface area contributed by atoms with Gasteiger partial charge in [0.25, 0.3) is 0 Å². The first-order valence-electron chi connectivity index (χ1n) is 2.34. The second-order valence-corrected chi connectivity index (χ2v) is 3.01. The Kier molecular flexibility index (Phi) is 1.76. The van der Waals surface area contributed by atoms with E-state index in [-0.39, 0.29) is 6.08 Å². The van der Waals surface area contributed by atoms with Gasteiger partial charge in [-0.15, -0.1) is 0 Å². The maximum Gasteiger partial charge on any atom is 0.400 e. The lowest BCUT2D eigenvalue weighted by atomic mass is 11.0. The predicted molar refractivity (Wildman–Crippen MR) is 33.1 cm³/mol. The summed E-state index contributed by atoms with van der Waals surface area (Å²) >= 11 is 0. The topological polar surface area (TPSA) is 104 Å². The van der Waals surface area contributed by atoms with Gasteiger partial charge in [-0.3, -0.25) is 0 Å². The van der Waals surface area contributed by atoms with Crippen LogP contribution in [0, 0.1) is 0 Å². The lowest BCUT2D eigenvalue weighted by Gasteiger charge is -2.02. The minimum atomic E-state index is -3.51. The Hall–Kier alpha value is -0.840. The second kappa shape index (κ2) is 2.42. The van der Waals surface area contributed by atoms with Crippen molar-refractivity contribution in [3.8, 4) is 6.08 Å². The SMILES string of the molecule is NP(N)(=O)Oc1ncco1. The summed E-state index contributed by atoms with van der Waals surface area (Å²) < 4.78 is 19.4. The first-order valence-corrected chi connectivity index (χ1v) is 4.10. The van der Waals surface area contributed by atoms with E-state index in [0.717, 1.165) is 0 Å². The van der Waals surface area contributed by atoms with Crippen LogP contribution in [0.15, 0.2) is 16.9 Å². The fraction of sp³-hybridized carbons (Fsp3) is 0. The largest absolute Gasteiger partial charge is 0.417 e. The van der Waals surface area contributed by atoms with Crippen molar-refractivity contribution in [2.75, 3.05) is 0 Å². The quantitative estimate of drug-likeness (QED) is 0.598. The highest BCUT2D eigenvalue weighted by molar-refractivity contribution is 7.54. The number of nitrogens with two attached hydrogens (primary N) is 2. The van der Waals surface area contributed by atoms with Crippen LogP contribution < -0.4 is 15.5 Å². The van der Waals surface area contributed by atoms with Crippen molar-refractivity contribution in [2.24, 2.45) is 11.0 Å². The summed E-state index contributed by atoms with van der Waals surface area (Å²) in [5.41, 5.74) is 9.68. The molecule has 0 amide bonds. The molecule has 0 spiro atoms. The van der Waals surface area contributed by atoms with E-state index in [1.807, 2.05) is 0 Å². The summed E-state index contributed by atoms with van der Waals surface area (Å²) in [6.45, 7) is 0. The molecule has 0 aliphatic carbocycles. The number of aromatic nitrogens is 1. The van der Waals surface area contributed by atoms with E-state index in [9.17, 15) is 4.57 Å². The Morgan fingerprint density at radius 2 is 2.40 bits per heavy atom. The highest BCUT2D eigenvalue weighted by Gasteiger charge is 2.12. The first kappa shape index (κ1) is 7.27. The van der Waals surface area contributed by atoms with Crippen molar-refractivity contribution in [1.82, 2.24) is 4.98 Å². The van der Waals surface area contributed by atoms with Crippen molar-refractivity contribution in [2.45, 2.75) is 0 Å². The lowest BCUT2D eigenvalue weighted by molar-refractivity contribution is 0.366. The molecule has 0 aromatic carbocycles. The van der Waals surface area contributed by atoms with Gasteiger partial charge < -0.3 is 8.94 Å². The highest BCUT2D eigenvalue weighted by Crippen LogP contribution is 2.28. The Morgan fingerprint density at radius 3 is 2.80 bits per heavy atom. The molecule has 0 aliphatic rings. The van der Waals surface area contributed by atoms with Crippen LogP contribution >= 0.6 is 7.67 Å². The van der Waals surface area contributed by atoms with Gasteiger partial charge in [-0.1, -0.05) is 0 Å². The fourth-order valence-corrected chi connectivity index (χ4v) is 0.712. The van der Waals surface area contributed by atoms with Gasteiger partial charge in [0.05, 0.1) is 6.20 Å². The monoisotopic (exact) mass is 163 g/mol. The number of rotatable bonds is 2. The van der Waals surface area contributed by atoms with Crippen LogP contribution in [-0.2, 0) is 4.57 Å². The molecule has 1 aromatic heterocycles. The van der Waals surface area contributed by atoms with Crippen LogP contribution in [0.5, 0.6) is 6.08 Å². The molecule has 10 heavy (non-hydrogen) atoms. The van der Waals surface area contributed by atoms with Crippen LogP contribution in [-0.4, -0.2) is 4.98 Å². The van der Waals surface area contributed by atoms with Gasteiger partial charge in [-0.25, -0.2) is 15.6 Å². The predicted octanol–water partition coefficient (Wildman–Crippen LogP) is 0.0789. The first-order chi connectivity index (χ1) is 4.58. The molecule has 0 saturated heterocycles. The molecule has 1 aromatic rings. The molecule has 56 valence electrons. The molecule has 0 aliphatic heterocycles. The highest BCUT2D eigenvalue weighted by atomic mass is 31.2. The zero-order chi connectivity index (χ0) is 7.61. The summed E-state index contributed by atoms with van der Waals surface area (Å²) in [5, 5.41) is 0. The van der Waals surface area contributed by atoms with E-state index in [1.54, 1.807) is 0 Å². The second-order valence-electron chi connectivity index (χ2n) is 1.53. The third-order valence-electron chi connectivity index (χ3n) is 0.630. The molecule has 7 heteroatoms. The molecule has 4 N–H and O–H groups in total. The average Bonchev–Trinajstić information content (AvgIpc) is 2.12. The van der Waals surface area contributed by atoms with Crippen LogP contribution in [0.1, 0.15) is 0 Å². The van der Waals surface area contributed by atoms with E-state index in [4.69, 9.17) is 11.0 Å². The van der Waals surface area contributed by atoms with E-state index < -0.39 is 7.67 Å². The number of oxazole rings is 1. The number of hydrogen-bond donors (Lipinski definition) is 2. The standard InChI is InChI=1S/C3H6N3O3P/c4-10(5,7)9-3-6-1-2-8-3/h1-2H,(H4,4,5,7). The molecule has 6 nitrogen and oxygen atoms in total. The summed E-state index contributed by atoms with van der Waals surface area (Å²) in [6, 6.07) is 0. The van der Waals surface area contributed by atoms with E-state index in [0.29, 0.717) is 0 Å².